The van der Waals surface area contributed by atoms with Crippen molar-refractivity contribution in [1.82, 2.24) is 15.1 Å². The van der Waals surface area contributed by atoms with Crippen LogP contribution in [0.2, 0.25) is 0 Å². The summed E-state index contributed by atoms with van der Waals surface area (Å²) < 4.78 is 5.30. The van der Waals surface area contributed by atoms with Crippen molar-refractivity contribution >= 4 is 0 Å². The monoisotopic (exact) mass is 262 g/mol. The molecule has 1 fully saturated rings. The summed E-state index contributed by atoms with van der Waals surface area (Å²) in [6, 6.07) is 5.55. The Morgan fingerprint density at radius 2 is 2.11 bits per heavy atom. The van der Waals surface area contributed by atoms with Crippen molar-refractivity contribution in [2.24, 2.45) is 0 Å². The number of nitriles is 1. The van der Waals surface area contributed by atoms with Gasteiger partial charge >= 0.3 is 0 Å². The highest BCUT2D eigenvalue weighted by Gasteiger charge is 2.12. The van der Waals surface area contributed by atoms with E-state index in [1.54, 1.807) is 6.07 Å². The van der Waals surface area contributed by atoms with Gasteiger partial charge in [-0.15, -0.1) is 0 Å². The fraction of sp³-hybridized carbons (Fsp3) is 0.643. The molecule has 0 aliphatic carbocycles. The van der Waals surface area contributed by atoms with Gasteiger partial charge < -0.3 is 19.5 Å². The van der Waals surface area contributed by atoms with Crippen LogP contribution in [0.15, 0.2) is 16.5 Å². The summed E-state index contributed by atoms with van der Waals surface area (Å²) in [6.07, 6.45) is 1.15. The van der Waals surface area contributed by atoms with Crippen molar-refractivity contribution in [3.05, 3.63) is 23.7 Å². The van der Waals surface area contributed by atoms with Gasteiger partial charge in [-0.3, -0.25) is 0 Å². The fourth-order valence-electron chi connectivity index (χ4n) is 2.24. The van der Waals surface area contributed by atoms with Gasteiger partial charge in [0.2, 0.25) is 5.76 Å². The van der Waals surface area contributed by atoms with Gasteiger partial charge in [-0.05, 0) is 38.7 Å². The average molecular weight is 262 g/mol. The zero-order valence-corrected chi connectivity index (χ0v) is 11.6. The molecule has 5 heteroatoms. The highest BCUT2D eigenvalue weighted by atomic mass is 16.3. The number of nitrogens with zero attached hydrogens (tertiary/aromatic N) is 3. The summed E-state index contributed by atoms with van der Waals surface area (Å²) in [5.74, 6) is 1.21. The Hall–Kier alpha value is -1.35. The predicted molar refractivity (Wildman–Crippen MR) is 73.7 cm³/mol. The molecule has 0 aromatic carbocycles. The molecule has 0 radical (unpaired) electrons. The molecule has 1 N–H and O–H groups in total. The van der Waals surface area contributed by atoms with Crippen LogP contribution < -0.4 is 5.32 Å². The molecule has 1 aromatic rings. The number of rotatable bonds is 6. The summed E-state index contributed by atoms with van der Waals surface area (Å²) in [7, 11) is 2.18. The number of hydrogen-bond donors (Lipinski definition) is 1. The smallest absolute Gasteiger partial charge is 0.203 e. The first kappa shape index (κ1) is 14.1. The fourth-order valence-corrected chi connectivity index (χ4v) is 2.24. The van der Waals surface area contributed by atoms with Gasteiger partial charge in [-0.25, -0.2) is 0 Å². The summed E-state index contributed by atoms with van der Waals surface area (Å²) >= 11 is 0. The van der Waals surface area contributed by atoms with E-state index in [9.17, 15) is 0 Å². The molecule has 1 aromatic heterocycles. The zero-order chi connectivity index (χ0) is 13.5. The quantitative estimate of drug-likeness (QED) is 0.771. The first-order chi connectivity index (χ1) is 9.28. The third-order valence-corrected chi connectivity index (χ3v) is 3.49. The molecule has 0 spiro atoms. The molecule has 5 nitrogen and oxygen atoms in total. The first-order valence-corrected chi connectivity index (χ1v) is 6.88. The topological polar surface area (TPSA) is 55.4 Å². The lowest BCUT2D eigenvalue weighted by Crippen LogP contribution is -2.45. The van der Waals surface area contributed by atoms with Gasteiger partial charge in [0.05, 0.1) is 6.54 Å². The molecular weight excluding hydrogens is 240 g/mol. The lowest BCUT2D eigenvalue weighted by atomic mass is 10.3. The van der Waals surface area contributed by atoms with Crippen LogP contribution in [0.25, 0.3) is 0 Å². The number of hydrogen-bond acceptors (Lipinski definition) is 5. The Balaban J connectivity index is 1.54. The third kappa shape index (κ3) is 4.67. The van der Waals surface area contributed by atoms with Crippen molar-refractivity contribution in [1.29, 1.82) is 5.26 Å². The van der Waals surface area contributed by atoms with Gasteiger partial charge in [0, 0.05) is 26.2 Å². The Labute approximate surface area is 114 Å². The van der Waals surface area contributed by atoms with Crippen LogP contribution in [0.3, 0.4) is 0 Å². The molecule has 104 valence electrons. The van der Waals surface area contributed by atoms with Gasteiger partial charge in [0.1, 0.15) is 11.8 Å². The van der Waals surface area contributed by atoms with Crippen LogP contribution in [-0.4, -0.2) is 56.1 Å². The van der Waals surface area contributed by atoms with Gasteiger partial charge in [-0.1, -0.05) is 0 Å². The van der Waals surface area contributed by atoms with E-state index in [1.807, 2.05) is 12.1 Å². The third-order valence-electron chi connectivity index (χ3n) is 3.49. The van der Waals surface area contributed by atoms with Crippen molar-refractivity contribution in [3.63, 3.8) is 0 Å². The minimum absolute atomic E-state index is 0.384. The van der Waals surface area contributed by atoms with Gasteiger partial charge in [-0.2, -0.15) is 5.26 Å². The Morgan fingerprint density at radius 1 is 1.32 bits per heavy atom. The van der Waals surface area contributed by atoms with E-state index in [0.717, 1.165) is 25.3 Å². The number of piperazine rings is 1. The molecule has 2 rings (SSSR count). The summed E-state index contributed by atoms with van der Waals surface area (Å²) in [4.78, 5) is 4.89. The molecule has 1 aliphatic rings. The predicted octanol–water partition coefficient (Wildman–Crippen LogP) is 0.878. The minimum atomic E-state index is 0.384. The highest BCUT2D eigenvalue weighted by Crippen LogP contribution is 2.05. The SMILES string of the molecule is CN1CCN(CCCNCc2ccc(C#N)o2)CC1. The summed E-state index contributed by atoms with van der Waals surface area (Å²) in [6.45, 7) is 7.55. The zero-order valence-electron chi connectivity index (χ0n) is 11.6. The van der Waals surface area contributed by atoms with Crippen molar-refractivity contribution in [2.75, 3.05) is 46.3 Å². The molecule has 2 heterocycles. The normalized spacial score (nSPS) is 17.5. The van der Waals surface area contributed by atoms with Crippen LogP contribution >= 0.6 is 0 Å². The molecule has 19 heavy (non-hydrogen) atoms. The van der Waals surface area contributed by atoms with Crippen LogP contribution in [0.1, 0.15) is 17.9 Å². The lowest BCUT2D eigenvalue weighted by molar-refractivity contribution is 0.152. The van der Waals surface area contributed by atoms with Gasteiger partial charge in [0.15, 0.2) is 0 Å². The second-order valence-electron chi connectivity index (χ2n) is 5.05. The molecule has 0 atom stereocenters. The highest BCUT2D eigenvalue weighted by molar-refractivity contribution is 5.18. The average Bonchev–Trinajstić information content (AvgIpc) is 2.88. The molecule has 1 aliphatic heterocycles. The van der Waals surface area contributed by atoms with Crippen molar-refractivity contribution in [3.8, 4) is 6.07 Å². The van der Waals surface area contributed by atoms with E-state index in [4.69, 9.17) is 9.68 Å². The number of furan rings is 1. The van der Waals surface area contributed by atoms with E-state index < -0.39 is 0 Å². The van der Waals surface area contributed by atoms with Crippen molar-refractivity contribution in [2.45, 2.75) is 13.0 Å². The number of likely N-dealkylation sites (N-methyl/N-ethyl adjacent to an activating group) is 1. The molecule has 1 saturated heterocycles. The maximum Gasteiger partial charge on any atom is 0.203 e. The summed E-state index contributed by atoms with van der Waals surface area (Å²) in [5.41, 5.74) is 0. The van der Waals surface area contributed by atoms with E-state index in [1.165, 1.54) is 26.2 Å². The molecule has 0 unspecified atom stereocenters. The molecular formula is C14H22N4O. The van der Waals surface area contributed by atoms with E-state index in [2.05, 4.69) is 22.2 Å². The maximum absolute atomic E-state index is 8.65. The first-order valence-electron chi connectivity index (χ1n) is 6.88. The summed E-state index contributed by atoms with van der Waals surface area (Å²) in [5, 5.41) is 12.0. The van der Waals surface area contributed by atoms with Gasteiger partial charge in [0.25, 0.3) is 0 Å². The standard InChI is InChI=1S/C14H22N4O/c1-17-7-9-18(10-8-17)6-2-5-16-12-14-4-3-13(11-15)19-14/h3-4,16H,2,5-10,12H2,1H3. The second kappa shape index (κ2) is 7.29. The van der Waals surface area contributed by atoms with E-state index in [0.29, 0.717) is 12.3 Å². The molecule has 0 bridgehead atoms. The molecule has 0 amide bonds. The Morgan fingerprint density at radius 3 is 2.79 bits per heavy atom. The van der Waals surface area contributed by atoms with Crippen LogP contribution in [0.5, 0.6) is 0 Å². The van der Waals surface area contributed by atoms with Crippen LogP contribution in [0, 0.1) is 11.3 Å². The number of nitrogens with one attached hydrogen (secondary N) is 1. The van der Waals surface area contributed by atoms with E-state index in [-0.39, 0.29) is 0 Å². The van der Waals surface area contributed by atoms with E-state index >= 15 is 0 Å². The van der Waals surface area contributed by atoms with Crippen LogP contribution in [-0.2, 0) is 6.54 Å². The van der Waals surface area contributed by atoms with Crippen molar-refractivity contribution < 1.29 is 4.42 Å². The van der Waals surface area contributed by atoms with Crippen LogP contribution in [0.4, 0.5) is 0 Å². The Kier molecular flexibility index (Phi) is 5.40. The maximum atomic E-state index is 8.65. The minimum Gasteiger partial charge on any atom is -0.449 e. The largest absolute Gasteiger partial charge is 0.449 e. The second-order valence-corrected chi connectivity index (χ2v) is 5.05. The lowest BCUT2D eigenvalue weighted by Gasteiger charge is -2.32. The Bertz CT molecular complexity index is 415. The molecule has 0 saturated carbocycles.